The molecule has 1 heterocycles. The fraction of sp³-hybridized carbons (Fsp3) is 0.222. The third kappa shape index (κ3) is 1.24. The maximum absolute atomic E-state index is 13.0. The van der Waals surface area contributed by atoms with Crippen molar-refractivity contribution in [3.05, 3.63) is 29.3 Å². The molecule has 3 nitrogen and oxygen atoms in total. The quantitative estimate of drug-likeness (QED) is 0.669. The van der Waals surface area contributed by atoms with Crippen molar-refractivity contribution >= 4 is 11.7 Å². The van der Waals surface area contributed by atoms with E-state index in [2.05, 4.69) is 0 Å². The normalized spacial score (nSPS) is 14.4. The number of halogens is 1. The molecule has 0 amide bonds. The zero-order chi connectivity index (χ0) is 9.42. The van der Waals surface area contributed by atoms with Gasteiger partial charge in [0.2, 0.25) is 0 Å². The van der Waals surface area contributed by atoms with Gasteiger partial charge in [-0.1, -0.05) is 10.5 Å². The first-order chi connectivity index (χ1) is 6.18. The predicted octanol–water partition coefficient (Wildman–Crippen LogP) is 1.63. The Labute approximate surface area is 74.3 Å². The predicted molar refractivity (Wildman–Crippen MR) is 45.6 cm³/mol. The fourth-order valence-corrected chi connectivity index (χ4v) is 1.47. The van der Waals surface area contributed by atoms with E-state index < -0.39 is 5.97 Å². The Balaban J connectivity index is 2.47. The Hall–Kier alpha value is -1.58. The van der Waals surface area contributed by atoms with Gasteiger partial charge in [0.25, 0.3) is 0 Å². The fourth-order valence-electron chi connectivity index (χ4n) is 1.47. The van der Waals surface area contributed by atoms with Crippen molar-refractivity contribution in [1.29, 1.82) is 0 Å². The van der Waals surface area contributed by atoms with Gasteiger partial charge in [-0.05, 0) is 24.1 Å². The van der Waals surface area contributed by atoms with Gasteiger partial charge in [0.15, 0.2) is 0 Å². The van der Waals surface area contributed by atoms with Crippen LogP contribution in [0.3, 0.4) is 0 Å². The molecule has 1 aliphatic rings. The van der Waals surface area contributed by atoms with Crippen LogP contribution in [0.15, 0.2) is 18.2 Å². The van der Waals surface area contributed by atoms with Gasteiger partial charge in [0, 0.05) is 0 Å². The zero-order valence-electron chi connectivity index (χ0n) is 6.83. The monoisotopic (exact) mass is 181 g/mol. The van der Waals surface area contributed by atoms with Gasteiger partial charge in [-0.25, -0.2) is 9.92 Å². The molecule has 0 spiro atoms. The van der Waals surface area contributed by atoms with E-state index in [0.29, 0.717) is 23.8 Å². The van der Waals surface area contributed by atoms with Crippen LogP contribution in [-0.2, 0) is 6.42 Å². The van der Waals surface area contributed by atoms with Gasteiger partial charge in [0.1, 0.15) is 0 Å². The van der Waals surface area contributed by atoms with E-state index in [1.807, 2.05) is 0 Å². The molecule has 13 heavy (non-hydrogen) atoms. The molecule has 0 aliphatic carbocycles. The average molecular weight is 181 g/mol. The number of carbonyl (C=O) groups is 1. The Bertz CT molecular complexity index is 365. The second-order valence-electron chi connectivity index (χ2n) is 2.98. The number of rotatable bonds is 1. The van der Waals surface area contributed by atoms with Gasteiger partial charge >= 0.3 is 5.97 Å². The third-order valence-corrected chi connectivity index (χ3v) is 2.17. The van der Waals surface area contributed by atoms with E-state index in [1.165, 1.54) is 12.1 Å². The number of fused-ring (bicyclic) bond motifs is 1. The Morgan fingerprint density at radius 3 is 3.00 bits per heavy atom. The molecule has 0 saturated carbocycles. The van der Waals surface area contributed by atoms with Gasteiger partial charge < -0.3 is 5.11 Å². The van der Waals surface area contributed by atoms with Crippen LogP contribution in [0.25, 0.3) is 0 Å². The van der Waals surface area contributed by atoms with Crippen LogP contribution in [0, 0.1) is 0 Å². The van der Waals surface area contributed by atoms with Crippen molar-refractivity contribution in [1.82, 2.24) is 0 Å². The van der Waals surface area contributed by atoms with Crippen molar-refractivity contribution in [3.63, 3.8) is 0 Å². The maximum Gasteiger partial charge on any atom is 0.335 e. The van der Waals surface area contributed by atoms with Crippen molar-refractivity contribution in [3.8, 4) is 0 Å². The standard InChI is InChI=1S/C9H8FNO2/c10-11-4-3-6-1-2-7(9(12)13)5-8(6)11/h1-2,5H,3-4H2,(H,12,13). The van der Waals surface area contributed by atoms with Crippen LogP contribution in [0.4, 0.5) is 10.2 Å². The van der Waals surface area contributed by atoms with E-state index in [4.69, 9.17) is 5.11 Å². The molecule has 1 aromatic carbocycles. The van der Waals surface area contributed by atoms with Crippen molar-refractivity contribution in [2.24, 2.45) is 0 Å². The highest BCUT2D eigenvalue weighted by Crippen LogP contribution is 2.28. The number of carboxylic acids is 1. The highest BCUT2D eigenvalue weighted by molar-refractivity contribution is 5.89. The van der Waals surface area contributed by atoms with Gasteiger partial charge in [0.05, 0.1) is 17.8 Å². The Morgan fingerprint density at radius 2 is 2.31 bits per heavy atom. The first kappa shape index (κ1) is 8.04. The summed E-state index contributed by atoms with van der Waals surface area (Å²) >= 11 is 0. The minimum atomic E-state index is -1.02. The lowest BCUT2D eigenvalue weighted by Crippen LogP contribution is -2.07. The zero-order valence-corrected chi connectivity index (χ0v) is 6.83. The molecule has 1 aliphatic heterocycles. The lowest BCUT2D eigenvalue weighted by atomic mass is 10.1. The smallest absolute Gasteiger partial charge is 0.335 e. The Morgan fingerprint density at radius 1 is 1.54 bits per heavy atom. The lowest BCUT2D eigenvalue weighted by molar-refractivity contribution is 0.0697. The summed E-state index contributed by atoms with van der Waals surface area (Å²) in [5, 5.41) is 9.25. The number of hydrogen-bond donors (Lipinski definition) is 1. The number of hydrogen-bond acceptors (Lipinski definition) is 2. The van der Waals surface area contributed by atoms with Gasteiger partial charge in [-0.3, -0.25) is 0 Å². The molecule has 0 bridgehead atoms. The number of nitrogens with zero attached hydrogens (tertiary/aromatic N) is 1. The molecule has 1 N–H and O–H groups in total. The minimum Gasteiger partial charge on any atom is -0.478 e. The SMILES string of the molecule is O=C(O)c1ccc2c(c1)N(F)CC2. The van der Waals surface area contributed by atoms with Crippen molar-refractivity contribution in [2.75, 3.05) is 11.7 Å². The molecule has 0 radical (unpaired) electrons. The number of aromatic carboxylic acids is 1. The summed E-state index contributed by atoms with van der Waals surface area (Å²) in [6.45, 7) is 0.318. The van der Waals surface area contributed by atoms with Crippen molar-refractivity contribution < 1.29 is 14.4 Å². The second kappa shape index (κ2) is 2.73. The molecule has 2 rings (SSSR count). The number of carboxylic acid groups (broad SMARTS) is 1. The van der Waals surface area contributed by atoms with Crippen LogP contribution in [-0.4, -0.2) is 17.6 Å². The summed E-state index contributed by atoms with van der Waals surface area (Å²) in [4.78, 5) is 10.6. The van der Waals surface area contributed by atoms with Gasteiger partial charge in [-0.2, -0.15) is 0 Å². The molecule has 0 atom stereocenters. The van der Waals surface area contributed by atoms with E-state index in [-0.39, 0.29) is 5.56 Å². The van der Waals surface area contributed by atoms with Crippen LogP contribution >= 0.6 is 0 Å². The summed E-state index contributed by atoms with van der Waals surface area (Å²) in [6.07, 6.45) is 0.645. The van der Waals surface area contributed by atoms with E-state index >= 15 is 0 Å². The molecule has 0 fully saturated rings. The number of anilines is 1. The highest BCUT2D eigenvalue weighted by atomic mass is 19.2. The van der Waals surface area contributed by atoms with E-state index in [1.54, 1.807) is 6.07 Å². The van der Waals surface area contributed by atoms with E-state index in [9.17, 15) is 9.28 Å². The summed E-state index contributed by atoms with van der Waals surface area (Å²) in [5.74, 6) is -1.02. The highest BCUT2D eigenvalue weighted by Gasteiger charge is 2.19. The molecule has 0 aromatic heterocycles. The summed E-state index contributed by atoms with van der Waals surface area (Å²) < 4.78 is 13.0. The second-order valence-corrected chi connectivity index (χ2v) is 2.98. The molecule has 1 aromatic rings. The molecular formula is C9H8FNO2. The molecule has 0 unspecified atom stereocenters. The maximum atomic E-state index is 13.0. The molecule has 4 heteroatoms. The first-order valence-corrected chi connectivity index (χ1v) is 3.98. The number of benzene rings is 1. The minimum absolute atomic E-state index is 0.128. The van der Waals surface area contributed by atoms with Gasteiger partial charge in [-0.15, -0.1) is 0 Å². The lowest BCUT2D eigenvalue weighted by Gasteiger charge is -2.06. The Kier molecular flexibility index (Phi) is 1.69. The largest absolute Gasteiger partial charge is 0.478 e. The van der Waals surface area contributed by atoms with Crippen LogP contribution in [0.2, 0.25) is 0 Å². The van der Waals surface area contributed by atoms with E-state index in [0.717, 1.165) is 5.56 Å². The topological polar surface area (TPSA) is 40.5 Å². The molecular weight excluding hydrogens is 173 g/mol. The summed E-state index contributed by atoms with van der Waals surface area (Å²) in [6, 6.07) is 4.53. The summed E-state index contributed by atoms with van der Waals surface area (Å²) in [5.41, 5.74) is 1.38. The first-order valence-electron chi connectivity index (χ1n) is 3.98. The average Bonchev–Trinajstić information content (AvgIpc) is 2.47. The van der Waals surface area contributed by atoms with Crippen LogP contribution < -0.4 is 5.12 Å². The molecule has 68 valence electrons. The van der Waals surface area contributed by atoms with Crippen LogP contribution in [0.1, 0.15) is 15.9 Å². The van der Waals surface area contributed by atoms with Crippen LogP contribution in [0.5, 0.6) is 0 Å². The third-order valence-electron chi connectivity index (χ3n) is 2.17. The molecule has 0 saturated heterocycles. The summed E-state index contributed by atoms with van der Waals surface area (Å²) in [7, 11) is 0. The van der Waals surface area contributed by atoms with Crippen molar-refractivity contribution in [2.45, 2.75) is 6.42 Å².